The minimum atomic E-state index is -0.482. The number of fused-ring (bicyclic) bond motifs is 1. The molecule has 1 amide bonds. The Morgan fingerprint density at radius 2 is 2.00 bits per heavy atom. The molecule has 29 heavy (non-hydrogen) atoms. The Kier molecular flexibility index (Phi) is 5.78. The Labute approximate surface area is 174 Å². The van der Waals surface area contributed by atoms with E-state index in [1.807, 2.05) is 12.1 Å². The van der Waals surface area contributed by atoms with Crippen molar-refractivity contribution in [3.63, 3.8) is 0 Å². The van der Waals surface area contributed by atoms with Gasteiger partial charge in [-0.25, -0.2) is 4.39 Å². The third-order valence-electron chi connectivity index (χ3n) is 5.46. The number of carbonyl (C=O) groups excluding carboxylic acids is 1. The predicted molar refractivity (Wildman–Crippen MR) is 115 cm³/mol. The SMILES string of the molecule is CC1CCCN(Cc2ccc(CNC(=O)c3cc(F)cc4[nH]c(=S)[nH]c34)cc2)C1. The van der Waals surface area contributed by atoms with Gasteiger partial charge >= 0.3 is 0 Å². The van der Waals surface area contributed by atoms with Crippen LogP contribution < -0.4 is 5.32 Å². The van der Waals surface area contributed by atoms with Gasteiger partial charge in [-0.3, -0.25) is 9.69 Å². The molecule has 1 aliphatic heterocycles. The predicted octanol–water partition coefficient (Wildman–Crippen LogP) is 4.53. The number of amides is 1. The lowest BCUT2D eigenvalue weighted by Gasteiger charge is -2.30. The molecule has 3 N–H and O–H groups in total. The van der Waals surface area contributed by atoms with Crippen LogP contribution in [-0.4, -0.2) is 33.9 Å². The molecule has 5 nitrogen and oxygen atoms in total. The van der Waals surface area contributed by atoms with E-state index in [1.165, 1.54) is 30.5 Å². The number of carbonyl (C=O) groups is 1. The standard InChI is InChI=1S/C22H25FN4OS/c1-14-3-2-8-27(12-14)13-16-6-4-15(5-7-16)11-24-21(28)18-9-17(23)10-19-20(18)26-22(29)25-19/h4-7,9-10,14H,2-3,8,11-13H2,1H3,(H,24,28)(H2,25,26,29). The smallest absolute Gasteiger partial charge is 0.253 e. The molecule has 1 aromatic heterocycles. The number of rotatable bonds is 5. The summed E-state index contributed by atoms with van der Waals surface area (Å²) < 4.78 is 14.2. The molecule has 0 bridgehead atoms. The summed E-state index contributed by atoms with van der Waals surface area (Å²) in [4.78, 5) is 20.9. The molecule has 3 aromatic rings. The highest BCUT2D eigenvalue weighted by atomic mass is 32.1. The summed E-state index contributed by atoms with van der Waals surface area (Å²) in [5.74, 6) is -0.0584. The molecular weight excluding hydrogens is 387 g/mol. The molecule has 1 aliphatic rings. The molecule has 7 heteroatoms. The zero-order valence-electron chi connectivity index (χ0n) is 16.4. The van der Waals surface area contributed by atoms with Crippen molar-refractivity contribution >= 4 is 29.2 Å². The fourth-order valence-corrected chi connectivity index (χ4v) is 4.23. The Bertz CT molecular complexity index is 1070. The average molecular weight is 413 g/mol. The van der Waals surface area contributed by atoms with Crippen molar-refractivity contribution in [2.24, 2.45) is 5.92 Å². The van der Waals surface area contributed by atoms with Crippen molar-refractivity contribution in [2.75, 3.05) is 13.1 Å². The first-order valence-corrected chi connectivity index (χ1v) is 10.4. The van der Waals surface area contributed by atoms with Crippen molar-refractivity contribution in [1.82, 2.24) is 20.2 Å². The molecule has 1 saturated heterocycles. The summed E-state index contributed by atoms with van der Waals surface area (Å²) in [6.45, 7) is 5.97. The number of likely N-dealkylation sites (tertiary alicyclic amines) is 1. The zero-order chi connectivity index (χ0) is 20.4. The summed E-state index contributed by atoms with van der Waals surface area (Å²) in [5, 5.41) is 2.87. The average Bonchev–Trinajstić information content (AvgIpc) is 3.06. The Morgan fingerprint density at radius 1 is 1.24 bits per heavy atom. The van der Waals surface area contributed by atoms with Crippen LogP contribution in [0, 0.1) is 16.5 Å². The number of halogens is 1. The normalized spacial score (nSPS) is 17.5. The number of aromatic nitrogens is 2. The number of aromatic amines is 2. The molecule has 1 unspecified atom stereocenters. The van der Waals surface area contributed by atoms with Crippen LogP contribution in [0.2, 0.25) is 0 Å². The van der Waals surface area contributed by atoms with E-state index >= 15 is 0 Å². The summed E-state index contributed by atoms with van der Waals surface area (Å²) in [7, 11) is 0. The van der Waals surface area contributed by atoms with Crippen LogP contribution in [0.15, 0.2) is 36.4 Å². The second-order valence-electron chi connectivity index (χ2n) is 7.94. The van der Waals surface area contributed by atoms with Gasteiger partial charge in [-0.2, -0.15) is 0 Å². The fraction of sp³-hybridized carbons (Fsp3) is 0.364. The van der Waals surface area contributed by atoms with E-state index in [0.717, 1.165) is 31.1 Å². The maximum atomic E-state index is 13.8. The van der Waals surface area contributed by atoms with Gasteiger partial charge in [0, 0.05) is 19.6 Å². The van der Waals surface area contributed by atoms with Gasteiger partial charge in [0.25, 0.3) is 5.91 Å². The highest BCUT2D eigenvalue weighted by Crippen LogP contribution is 2.19. The van der Waals surface area contributed by atoms with Crippen LogP contribution in [0.25, 0.3) is 11.0 Å². The molecule has 152 valence electrons. The highest BCUT2D eigenvalue weighted by molar-refractivity contribution is 7.71. The van der Waals surface area contributed by atoms with Crippen molar-refractivity contribution in [2.45, 2.75) is 32.9 Å². The molecule has 0 radical (unpaired) electrons. The maximum absolute atomic E-state index is 13.8. The van der Waals surface area contributed by atoms with Gasteiger partial charge in [0.05, 0.1) is 16.6 Å². The van der Waals surface area contributed by atoms with Gasteiger partial charge in [0.15, 0.2) is 4.77 Å². The number of hydrogen-bond donors (Lipinski definition) is 3. The minimum absolute atomic E-state index is 0.239. The number of benzene rings is 2. The minimum Gasteiger partial charge on any atom is -0.348 e. The maximum Gasteiger partial charge on any atom is 0.253 e. The largest absolute Gasteiger partial charge is 0.348 e. The van der Waals surface area contributed by atoms with Gasteiger partial charge in [-0.05, 0) is 60.8 Å². The van der Waals surface area contributed by atoms with Crippen LogP contribution in [-0.2, 0) is 13.1 Å². The number of nitrogens with one attached hydrogen (secondary N) is 3. The first kappa shape index (κ1) is 19.8. The Morgan fingerprint density at radius 3 is 2.76 bits per heavy atom. The molecule has 0 aliphatic carbocycles. The molecule has 0 spiro atoms. The van der Waals surface area contributed by atoms with Crippen molar-refractivity contribution in [3.8, 4) is 0 Å². The van der Waals surface area contributed by atoms with Crippen molar-refractivity contribution < 1.29 is 9.18 Å². The molecular formula is C22H25FN4OS. The van der Waals surface area contributed by atoms with Crippen molar-refractivity contribution in [3.05, 3.63) is 63.7 Å². The lowest BCUT2D eigenvalue weighted by molar-refractivity contribution is 0.0952. The third-order valence-corrected chi connectivity index (χ3v) is 5.66. The number of piperidine rings is 1. The van der Waals surface area contributed by atoms with E-state index in [1.54, 1.807) is 0 Å². The Balaban J connectivity index is 1.39. The quantitative estimate of drug-likeness (QED) is 0.540. The number of imidazole rings is 1. The third kappa shape index (κ3) is 4.74. The summed E-state index contributed by atoms with van der Waals surface area (Å²) in [5.41, 5.74) is 3.52. The number of H-pyrrole nitrogens is 2. The second kappa shape index (κ2) is 8.47. The fourth-order valence-electron chi connectivity index (χ4n) is 4.01. The lowest BCUT2D eigenvalue weighted by Crippen LogP contribution is -2.33. The zero-order valence-corrected chi connectivity index (χ0v) is 17.2. The van der Waals surface area contributed by atoms with Gasteiger partial charge in [0.1, 0.15) is 5.82 Å². The molecule has 2 aromatic carbocycles. The van der Waals surface area contributed by atoms with Crippen LogP contribution in [0.4, 0.5) is 4.39 Å². The van der Waals surface area contributed by atoms with Crippen molar-refractivity contribution in [1.29, 1.82) is 0 Å². The van der Waals surface area contributed by atoms with E-state index < -0.39 is 5.82 Å². The van der Waals surface area contributed by atoms with Gasteiger partial charge in [-0.15, -0.1) is 0 Å². The summed E-state index contributed by atoms with van der Waals surface area (Å²) in [6.07, 6.45) is 2.59. The van der Waals surface area contributed by atoms with E-state index in [2.05, 4.69) is 39.2 Å². The molecule has 1 atom stereocenters. The molecule has 0 saturated carbocycles. The number of nitrogens with zero attached hydrogens (tertiary/aromatic N) is 1. The first-order valence-electron chi connectivity index (χ1n) is 9.98. The first-order chi connectivity index (χ1) is 14.0. The van der Waals surface area contributed by atoms with E-state index in [4.69, 9.17) is 12.2 Å². The second-order valence-corrected chi connectivity index (χ2v) is 8.34. The molecule has 1 fully saturated rings. The highest BCUT2D eigenvalue weighted by Gasteiger charge is 2.16. The summed E-state index contributed by atoms with van der Waals surface area (Å²) >= 11 is 5.05. The van der Waals surface area contributed by atoms with Gasteiger partial charge < -0.3 is 15.3 Å². The topological polar surface area (TPSA) is 63.9 Å². The van der Waals surface area contributed by atoms with E-state index in [9.17, 15) is 9.18 Å². The van der Waals surface area contributed by atoms with Crippen LogP contribution in [0.5, 0.6) is 0 Å². The molecule has 4 rings (SSSR count). The summed E-state index contributed by atoms with van der Waals surface area (Å²) in [6, 6.07) is 10.8. The van der Waals surface area contributed by atoms with E-state index in [-0.39, 0.29) is 11.5 Å². The number of hydrogen-bond acceptors (Lipinski definition) is 3. The molecule has 2 heterocycles. The van der Waals surface area contributed by atoms with Crippen LogP contribution in [0.1, 0.15) is 41.3 Å². The van der Waals surface area contributed by atoms with Gasteiger partial charge in [-0.1, -0.05) is 31.2 Å². The Hall–Kier alpha value is -2.51. The van der Waals surface area contributed by atoms with Crippen LogP contribution >= 0.6 is 12.2 Å². The van der Waals surface area contributed by atoms with Gasteiger partial charge in [0.2, 0.25) is 0 Å². The van der Waals surface area contributed by atoms with Crippen LogP contribution in [0.3, 0.4) is 0 Å². The monoisotopic (exact) mass is 412 g/mol. The lowest BCUT2D eigenvalue weighted by atomic mass is 9.99. The van der Waals surface area contributed by atoms with E-state index in [0.29, 0.717) is 22.3 Å².